The fourth-order valence-electron chi connectivity index (χ4n) is 4.41. The molecule has 5 nitrogen and oxygen atoms in total. The fraction of sp³-hybridized carbons (Fsp3) is 0.364. The van der Waals surface area contributed by atoms with Gasteiger partial charge in [-0.1, -0.05) is 13.0 Å². The van der Waals surface area contributed by atoms with Gasteiger partial charge in [-0.2, -0.15) is 13.2 Å². The molecule has 0 spiro atoms. The van der Waals surface area contributed by atoms with Crippen LogP contribution in [-0.2, 0) is 0 Å². The molecule has 1 heterocycles. The summed E-state index contributed by atoms with van der Waals surface area (Å²) < 4.78 is 70.9. The number of benzene rings is 2. The maximum absolute atomic E-state index is 14.3. The average molecular weight is 453 g/mol. The largest absolute Gasteiger partial charge is 0.505 e. The number of phenolic OH excluding ortho intramolecular Hbond substituents is 1. The zero-order valence-corrected chi connectivity index (χ0v) is 17.1. The van der Waals surface area contributed by atoms with E-state index < -0.39 is 47.5 Å². The Balaban J connectivity index is 1.94. The average Bonchev–Trinajstić information content (AvgIpc) is 2.73. The standard InChI is InChI=1S/C22H20F5N3O2/c1-3-11-8-21(32,22(25,26)27)20(12-4-5-15(24)19(31)17(11)12)30-16-7-6-14(23)18-13(16)9-28-10(2)29-18/h4-7,9,11,20,30-32H,3,8H2,1-2H3/t11-,20?,21-/m1/s1. The lowest BCUT2D eigenvalue weighted by atomic mass is 9.69. The molecule has 2 aromatic carbocycles. The molecule has 0 fully saturated rings. The summed E-state index contributed by atoms with van der Waals surface area (Å²) in [6.45, 7) is 3.14. The number of rotatable bonds is 3. The molecule has 10 heteroatoms. The van der Waals surface area contributed by atoms with Gasteiger partial charge >= 0.3 is 6.18 Å². The van der Waals surface area contributed by atoms with Crippen molar-refractivity contribution < 1.29 is 32.2 Å². The monoisotopic (exact) mass is 453 g/mol. The molecule has 1 aliphatic rings. The molecule has 0 saturated heterocycles. The summed E-state index contributed by atoms with van der Waals surface area (Å²) in [6.07, 6.45) is -4.43. The maximum Gasteiger partial charge on any atom is 0.419 e. The van der Waals surface area contributed by atoms with Gasteiger partial charge in [0.2, 0.25) is 0 Å². The third-order valence-corrected chi connectivity index (χ3v) is 6.06. The number of hydrogen-bond donors (Lipinski definition) is 3. The summed E-state index contributed by atoms with van der Waals surface area (Å²) in [7, 11) is 0. The van der Waals surface area contributed by atoms with Gasteiger partial charge < -0.3 is 15.5 Å². The van der Waals surface area contributed by atoms with Crippen molar-refractivity contribution in [3.8, 4) is 5.75 Å². The van der Waals surface area contributed by atoms with E-state index >= 15 is 0 Å². The summed E-state index contributed by atoms with van der Waals surface area (Å²) in [6, 6.07) is 2.44. The van der Waals surface area contributed by atoms with Crippen LogP contribution >= 0.6 is 0 Å². The number of aromatic hydroxyl groups is 1. The highest BCUT2D eigenvalue weighted by Crippen LogP contribution is 2.55. The number of halogens is 5. The van der Waals surface area contributed by atoms with Crippen molar-refractivity contribution >= 4 is 16.6 Å². The van der Waals surface area contributed by atoms with Gasteiger partial charge in [-0.05, 0) is 49.4 Å². The van der Waals surface area contributed by atoms with Gasteiger partial charge in [0.05, 0.1) is 6.04 Å². The van der Waals surface area contributed by atoms with Gasteiger partial charge in [-0.3, -0.25) is 0 Å². The summed E-state index contributed by atoms with van der Waals surface area (Å²) in [5.74, 6) is -3.05. The Labute approximate surface area is 179 Å². The molecule has 0 bridgehead atoms. The number of anilines is 1. The van der Waals surface area contributed by atoms with Gasteiger partial charge in [-0.25, -0.2) is 18.7 Å². The van der Waals surface area contributed by atoms with Gasteiger partial charge in [0.15, 0.2) is 17.2 Å². The van der Waals surface area contributed by atoms with Crippen molar-refractivity contribution in [2.45, 2.75) is 50.4 Å². The molecule has 1 unspecified atom stereocenters. The van der Waals surface area contributed by atoms with Crippen LogP contribution in [-0.4, -0.2) is 32.0 Å². The summed E-state index contributed by atoms with van der Waals surface area (Å²) in [4.78, 5) is 8.00. The molecule has 170 valence electrons. The lowest BCUT2D eigenvalue weighted by Crippen LogP contribution is -2.55. The normalized spacial score (nSPS) is 23.2. The highest BCUT2D eigenvalue weighted by atomic mass is 19.4. The number of nitrogens with one attached hydrogen (secondary N) is 1. The fourth-order valence-corrected chi connectivity index (χ4v) is 4.41. The zero-order valence-electron chi connectivity index (χ0n) is 17.1. The van der Waals surface area contributed by atoms with Crippen LogP contribution < -0.4 is 5.32 Å². The Morgan fingerprint density at radius 3 is 2.50 bits per heavy atom. The second kappa shape index (κ2) is 7.54. The number of hydrogen-bond acceptors (Lipinski definition) is 5. The molecular formula is C22H20F5N3O2. The Hall–Kier alpha value is -3.01. The lowest BCUT2D eigenvalue weighted by Gasteiger charge is -2.45. The highest BCUT2D eigenvalue weighted by molar-refractivity contribution is 5.91. The number of aliphatic hydroxyl groups is 1. The van der Waals surface area contributed by atoms with Crippen molar-refractivity contribution in [3.05, 3.63) is 59.0 Å². The first-order valence-corrected chi connectivity index (χ1v) is 9.96. The van der Waals surface area contributed by atoms with Crippen LogP contribution in [0.25, 0.3) is 10.9 Å². The van der Waals surface area contributed by atoms with E-state index in [-0.39, 0.29) is 40.0 Å². The van der Waals surface area contributed by atoms with E-state index in [0.29, 0.717) is 0 Å². The van der Waals surface area contributed by atoms with E-state index in [1.165, 1.54) is 12.3 Å². The number of alkyl halides is 3. The van der Waals surface area contributed by atoms with E-state index in [2.05, 4.69) is 15.3 Å². The Kier molecular flexibility index (Phi) is 5.23. The third-order valence-electron chi connectivity index (χ3n) is 6.06. The number of phenols is 1. The second-order valence-corrected chi connectivity index (χ2v) is 7.98. The predicted molar refractivity (Wildman–Crippen MR) is 107 cm³/mol. The first kappa shape index (κ1) is 22.2. The maximum atomic E-state index is 14.3. The first-order chi connectivity index (χ1) is 15.0. The van der Waals surface area contributed by atoms with E-state index in [0.717, 1.165) is 18.2 Å². The molecule has 1 aromatic heterocycles. The smallest absolute Gasteiger partial charge is 0.419 e. The van der Waals surface area contributed by atoms with E-state index in [1.54, 1.807) is 13.8 Å². The molecule has 3 N–H and O–H groups in total. The Morgan fingerprint density at radius 2 is 1.84 bits per heavy atom. The van der Waals surface area contributed by atoms with Gasteiger partial charge in [0.1, 0.15) is 17.2 Å². The van der Waals surface area contributed by atoms with Crippen LogP contribution in [0, 0.1) is 18.6 Å². The minimum atomic E-state index is -5.05. The molecule has 3 atom stereocenters. The molecule has 1 aliphatic carbocycles. The quantitative estimate of drug-likeness (QED) is 0.471. The summed E-state index contributed by atoms with van der Waals surface area (Å²) in [5.41, 5.74) is -3.36. The molecule has 0 amide bonds. The minimum Gasteiger partial charge on any atom is -0.505 e. The van der Waals surface area contributed by atoms with Crippen LogP contribution in [0.5, 0.6) is 5.75 Å². The highest BCUT2D eigenvalue weighted by Gasteiger charge is 2.62. The van der Waals surface area contributed by atoms with Gasteiger partial charge in [0.25, 0.3) is 0 Å². The molecule has 4 rings (SSSR count). The van der Waals surface area contributed by atoms with Gasteiger partial charge in [0, 0.05) is 22.8 Å². The van der Waals surface area contributed by atoms with E-state index in [4.69, 9.17) is 0 Å². The molecule has 0 aliphatic heterocycles. The summed E-state index contributed by atoms with van der Waals surface area (Å²) in [5, 5.41) is 24.0. The number of aromatic nitrogens is 2. The van der Waals surface area contributed by atoms with Crippen LogP contribution in [0.15, 0.2) is 30.5 Å². The van der Waals surface area contributed by atoms with Gasteiger partial charge in [-0.15, -0.1) is 0 Å². The first-order valence-electron chi connectivity index (χ1n) is 9.96. The molecular weight excluding hydrogens is 433 g/mol. The van der Waals surface area contributed by atoms with Crippen molar-refractivity contribution in [2.24, 2.45) is 0 Å². The lowest BCUT2D eigenvalue weighted by molar-refractivity contribution is -0.272. The predicted octanol–water partition coefficient (Wildman–Crippen LogP) is 5.27. The SMILES string of the molecule is CC[C@@H]1C[C@](O)(C(F)(F)F)C(Nc2ccc(F)c3nc(C)ncc23)c2ccc(F)c(O)c21. The minimum absolute atomic E-state index is 0.0115. The third kappa shape index (κ3) is 3.33. The second-order valence-electron chi connectivity index (χ2n) is 7.98. The van der Waals surface area contributed by atoms with Crippen LogP contribution in [0.3, 0.4) is 0 Å². The van der Waals surface area contributed by atoms with Crippen LogP contribution in [0.1, 0.15) is 48.7 Å². The van der Waals surface area contributed by atoms with Crippen molar-refractivity contribution in [3.63, 3.8) is 0 Å². The van der Waals surface area contributed by atoms with Crippen molar-refractivity contribution in [1.29, 1.82) is 0 Å². The molecule has 0 radical (unpaired) electrons. The Morgan fingerprint density at radius 1 is 1.16 bits per heavy atom. The number of aryl methyl sites for hydroxylation is 1. The number of nitrogens with zero attached hydrogens (tertiary/aromatic N) is 2. The van der Waals surface area contributed by atoms with E-state index in [9.17, 15) is 32.2 Å². The van der Waals surface area contributed by atoms with Crippen LogP contribution in [0.4, 0.5) is 27.6 Å². The Bertz CT molecular complexity index is 1200. The van der Waals surface area contributed by atoms with Crippen LogP contribution in [0.2, 0.25) is 0 Å². The van der Waals surface area contributed by atoms with E-state index in [1.807, 2.05) is 0 Å². The van der Waals surface area contributed by atoms with Crippen molar-refractivity contribution in [2.75, 3.05) is 5.32 Å². The van der Waals surface area contributed by atoms with Crippen molar-refractivity contribution in [1.82, 2.24) is 9.97 Å². The molecule has 32 heavy (non-hydrogen) atoms. The number of fused-ring (bicyclic) bond motifs is 2. The molecule has 0 saturated carbocycles. The molecule has 3 aromatic rings. The zero-order chi connectivity index (χ0) is 23.4. The topological polar surface area (TPSA) is 78.3 Å². The summed E-state index contributed by atoms with van der Waals surface area (Å²) >= 11 is 0.